The number of rotatable bonds is 13. The quantitative estimate of drug-likeness (QED) is 0.160. The third-order valence-corrected chi connectivity index (χ3v) is 9.30. The summed E-state index contributed by atoms with van der Waals surface area (Å²) in [7, 11) is 0. The van der Waals surface area contributed by atoms with Gasteiger partial charge in [-0.2, -0.15) is 0 Å². The van der Waals surface area contributed by atoms with Crippen LogP contribution in [0.25, 0.3) is 0 Å². The summed E-state index contributed by atoms with van der Waals surface area (Å²) in [6.45, 7) is 23.5. The van der Waals surface area contributed by atoms with Gasteiger partial charge in [0.2, 0.25) is 0 Å². The molecule has 2 rings (SSSR count). The molecule has 222 valence electrons. The predicted molar refractivity (Wildman–Crippen MR) is 182 cm³/mol. The van der Waals surface area contributed by atoms with E-state index in [2.05, 4.69) is 130 Å². The number of allylic oxidation sites excluding steroid dienone is 16. The molecule has 0 aromatic carbocycles. The highest BCUT2D eigenvalue weighted by atomic mass is 14.3. The van der Waals surface area contributed by atoms with Gasteiger partial charge in [-0.1, -0.05) is 130 Å². The first-order valence-electron chi connectivity index (χ1n) is 16.2. The van der Waals surface area contributed by atoms with Gasteiger partial charge in [0.25, 0.3) is 0 Å². The molecule has 0 radical (unpaired) electrons. The monoisotopic (exact) mass is 542 g/mol. The molecule has 2 atom stereocenters. The highest BCUT2D eigenvalue weighted by molar-refractivity contribution is 5.33. The summed E-state index contributed by atoms with van der Waals surface area (Å²) in [5, 5.41) is 0. The zero-order valence-corrected chi connectivity index (χ0v) is 28.0. The zero-order valence-electron chi connectivity index (χ0n) is 28.0. The molecular weight excluding hydrogens is 480 g/mol. The van der Waals surface area contributed by atoms with Gasteiger partial charge >= 0.3 is 0 Å². The van der Waals surface area contributed by atoms with E-state index in [0.29, 0.717) is 22.7 Å². The molecule has 40 heavy (non-hydrogen) atoms. The van der Waals surface area contributed by atoms with E-state index >= 15 is 0 Å². The van der Waals surface area contributed by atoms with Crippen LogP contribution in [-0.4, -0.2) is 0 Å². The lowest BCUT2D eigenvalue weighted by Crippen LogP contribution is -2.20. The van der Waals surface area contributed by atoms with Crippen molar-refractivity contribution in [1.29, 1.82) is 0 Å². The van der Waals surface area contributed by atoms with Gasteiger partial charge in [0.15, 0.2) is 0 Å². The van der Waals surface area contributed by atoms with Crippen LogP contribution in [-0.2, 0) is 0 Å². The average molecular weight is 543 g/mol. The van der Waals surface area contributed by atoms with Crippen LogP contribution in [0.5, 0.6) is 0 Å². The molecule has 0 amide bonds. The molecule has 0 saturated carbocycles. The van der Waals surface area contributed by atoms with E-state index in [9.17, 15) is 0 Å². The molecule has 0 aromatic rings. The van der Waals surface area contributed by atoms with Crippen molar-refractivity contribution in [3.8, 4) is 0 Å². The maximum Gasteiger partial charge on any atom is -0.0104 e. The topological polar surface area (TPSA) is 0 Å². The Morgan fingerprint density at radius 3 is 2.08 bits per heavy atom. The third kappa shape index (κ3) is 11.8. The van der Waals surface area contributed by atoms with Gasteiger partial charge in [0, 0.05) is 0 Å². The normalized spacial score (nSPS) is 22.4. The second kappa shape index (κ2) is 16.4. The van der Waals surface area contributed by atoms with Crippen LogP contribution in [0, 0.1) is 22.7 Å². The maximum absolute atomic E-state index is 2.43. The van der Waals surface area contributed by atoms with E-state index in [1.54, 1.807) is 22.3 Å². The highest BCUT2D eigenvalue weighted by Gasteiger charge is 2.28. The third-order valence-electron chi connectivity index (χ3n) is 9.30. The Kier molecular flexibility index (Phi) is 14.0. The van der Waals surface area contributed by atoms with E-state index in [4.69, 9.17) is 0 Å². The van der Waals surface area contributed by atoms with Crippen molar-refractivity contribution in [1.82, 2.24) is 0 Å². The van der Waals surface area contributed by atoms with E-state index in [0.717, 1.165) is 12.8 Å². The van der Waals surface area contributed by atoms with Crippen molar-refractivity contribution in [3.05, 3.63) is 94.2 Å². The summed E-state index contributed by atoms with van der Waals surface area (Å²) in [5.41, 5.74) is 9.99. The highest BCUT2D eigenvalue weighted by Crippen LogP contribution is 2.43. The molecular formula is C40H62. The fourth-order valence-corrected chi connectivity index (χ4v) is 6.52. The summed E-state index contributed by atoms with van der Waals surface area (Å²) in [6.07, 6.45) is 35.6. The summed E-state index contributed by atoms with van der Waals surface area (Å²) in [4.78, 5) is 0. The molecule has 0 N–H and O–H groups in total. The first kappa shape index (κ1) is 34.1. The molecule has 2 aliphatic carbocycles. The van der Waals surface area contributed by atoms with Crippen molar-refractivity contribution in [2.75, 3.05) is 0 Å². The van der Waals surface area contributed by atoms with Crippen LogP contribution in [0.15, 0.2) is 94.2 Å². The van der Waals surface area contributed by atoms with Gasteiger partial charge in [-0.05, 0) is 120 Å². The smallest absolute Gasteiger partial charge is 0.0104 e. The number of hydrogen-bond donors (Lipinski definition) is 0. The van der Waals surface area contributed by atoms with Gasteiger partial charge in [-0.3, -0.25) is 0 Å². The van der Waals surface area contributed by atoms with Crippen molar-refractivity contribution in [2.45, 2.75) is 133 Å². The lowest BCUT2D eigenvalue weighted by molar-refractivity contribution is 0.354. The van der Waals surface area contributed by atoms with E-state index in [1.165, 1.54) is 62.5 Å². The summed E-state index contributed by atoms with van der Waals surface area (Å²) in [6, 6.07) is 0. The molecule has 0 saturated heterocycles. The second-order valence-electron chi connectivity index (χ2n) is 14.4. The first-order chi connectivity index (χ1) is 18.8. The van der Waals surface area contributed by atoms with Crippen molar-refractivity contribution in [3.63, 3.8) is 0 Å². The lowest BCUT2D eigenvalue weighted by Gasteiger charge is -2.34. The largest absolute Gasteiger partial charge is 0.0877 e. The minimum atomic E-state index is 0.330. The molecule has 0 aromatic heterocycles. The molecule has 0 spiro atoms. The van der Waals surface area contributed by atoms with E-state index in [1.807, 2.05) is 0 Å². The molecule has 0 nitrogen and oxygen atoms in total. The van der Waals surface area contributed by atoms with Crippen LogP contribution in [0.4, 0.5) is 0 Å². The Morgan fingerprint density at radius 1 is 0.775 bits per heavy atom. The summed E-state index contributed by atoms with van der Waals surface area (Å²) in [5.74, 6) is 1.14. The average Bonchev–Trinajstić information content (AvgIpc) is 2.85. The van der Waals surface area contributed by atoms with Crippen LogP contribution >= 0.6 is 0 Å². The van der Waals surface area contributed by atoms with Gasteiger partial charge < -0.3 is 0 Å². The Balaban J connectivity index is 1.74. The Morgan fingerprint density at radius 2 is 1.40 bits per heavy atom. The summed E-state index contributed by atoms with van der Waals surface area (Å²) < 4.78 is 0. The molecule has 0 bridgehead atoms. The van der Waals surface area contributed by atoms with Crippen molar-refractivity contribution < 1.29 is 0 Å². The fraction of sp³-hybridized carbons (Fsp3) is 0.600. The Labute approximate surface area is 249 Å². The van der Waals surface area contributed by atoms with Crippen LogP contribution < -0.4 is 0 Å². The summed E-state index contributed by atoms with van der Waals surface area (Å²) >= 11 is 0. The van der Waals surface area contributed by atoms with Crippen LogP contribution in [0.2, 0.25) is 0 Å². The zero-order chi connectivity index (χ0) is 29.8. The van der Waals surface area contributed by atoms with Gasteiger partial charge in [0.05, 0.1) is 0 Å². The predicted octanol–water partition coefficient (Wildman–Crippen LogP) is 13.0. The maximum atomic E-state index is 2.43. The van der Waals surface area contributed by atoms with Gasteiger partial charge in [0.1, 0.15) is 0 Å². The molecule has 0 aliphatic heterocycles. The first-order valence-corrected chi connectivity index (χ1v) is 16.2. The second-order valence-corrected chi connectivity index (χ2v) is 14.4. The molecule has 0 heteroatoms. The van der Waals surface area contributed by atoms with Gasteiger partial charge in [-0.25, -0.2) is 0 Å². The van der Waals surface area contributed by atoms with Crippen LogP contribution in [0.1, 0.15) is 133 Å². The Hall–Kier alpha value is -2.08. The molecule has 2 aliphatic rings. The fourth-order valence-electron chi connectivity index (χ4n) is 6.52. The molecule has 0 fully saturated rings. The van der Waals surface area contributed by atoms with Crippen LogP contribution in [0.3, 0.4) is 0 Å². The lowest BCUT2D eigenvalue weighted by atomic mass is 9.71. The van der Waals surface area contributed by atoms with E-state index in [-0.39, 0.29) is 0 Å². The minimum Gasteiger partial charge on any atom is -0.0877 e. The van der Waals surface area contributed by atoms with Gasteiger partial charge in [-0.15, -0.1) is 0 Å². The SMILES string of the molecule is CC1=C(/C=C/C(C)C/C=C\C(C)C/C=C/C=C(C)/C=C/C=C(\C)CCC2=C(C)CCCC2(C)C)C(C)(C)CCC1. The van der Waals surface area contributed by atoms with Crippen molar-refractivity contribution >= 4 is 0 Å². The molecule has 0 heterocycles. The molecule has 2 unspecified atom stereocenters. The standard InChI is InChI=1S/C40H62/c1-31(19-13-21-33(3)25-27-37-35(5)23-15-29-39(37,7)8)17-11-12-18-32(2)20-14-22-34(4)26-28-38-36(6)24-16-30-40(38,9)10/h11-14,17,19-21,26,28,32,34H,15-16,18,22-25,27,29-30H2,1-10H3/b12-11+,19-13+,20-14-,28-26+,31-17+,33-21+. The van der Waals surface area contributed by atoms with E-state index < -0.39 is 0 Å². The van der Waals surface area contributed by atoms with Crippen molar-refractivity contribution in [2.24, 2.45) is 22.7 Å². The number of hydrogen-bond acceptors (Lipinski definition) is 0. The Bertz CT molecular complexity index is 1050. The minimum absolute atomic E-state index is 0.330.